The molecule has 1 N–H and O–H groups in total. The van der Waals surface area contributed by atoms with Gasteiger partial charge in [-0.1, -0.05) is 64.7 Å². The van der Waals surface area contributed by atoms with Crippen molar-refractivity contribution in [3.63, 3.8) is 0 Å². The van der Waals surface area contributed by atoms with Gasteiger partial charge in [-0.2, -0.15) is 0 Å². The molecule has 3 atom stereocenters. The van der Waals surface area contributed by atoms with Crippen molar-refractivity contribution in [3.8, 4) is 0 Å². The lowest BCUT2D eigenvalue weighted by Gasteiger charge is -2.26. The third kappa shape index (κ3) is 7.45. The molecule has 0 aliphatic heterocycles. The van der Waals surface area contributed by atoms with Crippen molar-refractivity contribution in [1.82, 2.24) is 0 Å². The van der Waals surface area contributed by atoms with E-state index in [9.17, 15) is 9.32 Å². The zero-order chi connectivity index (χ0) is 13.9. The molecule has 0 aromatic rings. The molecule has 1 saturated carbocycles. The maximum Gasteiger partial charge on any atom is 0.0683 e. The summed E-state index contributed by atoms with van der Waals surface area (Å²) in [6.45, 7) is 2.25. The lowest BCUT2D eigenvalue weighted by molar-refractivity contribution is 0.135. The molecule has 1 aliphatic carbocycles. The van der Waals surface area contributed by atoms with Gasteiger partial charge in [0, 0.05) is 16.6 Å². The maximum atomic E-state index is 12.1. The van der Waals surface area contributed by atoms with Gasteiger partial charge in [-0.3, -0.25) is 4.21 Å². The van der Waals surface area contributed by atoms with E-state index in [2.05, 4.69) is 6.92 Å². The SMILES string of the molecule is CCCCCCCCCC[S@](=O)C1CCCCC1O. The third-order valence-electron chi connectivity index (χ3n) is 4.20. The van der Waals surface area contributed by atoms with Gasteiger partial charge in [-0.05, 0) is 19.3 Å². The summed E-state index contributed by atoms with van der Waals surface area (Å²) in [5.41, 5.74) is 0. The Labute approximate surface area is 121 Å². The van der Waals surface area contributed by atoms with Crippen LogP contribution in [-0.2, 0) is 10.8 Å². The third-order valence-corrected chi connectivity index (χ3v) is 6.12. The fourth-order valence-corrected chi connectivity index (χ4v) is 4.62. The molecule has 2 unspecified atom stereocenters. The topological polar surface area (TPSA) is 37.3 Å². The number of hydrogen-bond donors (Lipinski definition) is 1. The summed E-state index contributed by atoms with van der Waals surface area (Å²) in [4.78, 5) is 0. The standard InChI is InChI=1S/C16H32O2S/c1-2-3-4-5-6-7-8-11-14-19(18)16-13-10-9-12-15(16)17/h15-17H,2-14H2,1H3/t15?,16?,19-/m0/s1. The predicted molar refractivity (Wildman–Crippen MR) is 83.9 cm³/mol. The highest BCUT2D eigenvalue weighted by atomic mass is 32.2. The summed E-state index contributed by atoms with van der Waals surface area (Å²) in [7, 11) is -0.797. The van der Waals surface area contributed by atoms with E-state index in [-0.39, 0.29) is 11.4 Å². The molecule has 1 rings (SSSR count). The molecular weight excluding hydrogens is 256 g/mol. The minimum Gasteiger partial charge on any atom is -0.392 e. The van der Waals surface area contributed by atoms with Gasteiger partial charge in [-0.25, -0.2) is 0 Å². The summed E-state index contributed by atoms with van der Waals surface area (Å²) < 4.78 is 12.1. The molecule has 0 bridgehead atoms. The van der Waals surface area contributed by atoms with Crippen LogP contribution in [0.3, 0.4) is 0 Å². The first-order valence-corrected chi connectivity index (χ1v) is 9.69. The van der Waals surface area contributed by atoms with Crippen LogP contribution >= 0.6 is 0 Å². The molecule has 0 spiro atoms. The summed E-state index contributed by atoms with van der Waals surface area (Å²) in [6, 6.07) is 0. The van der Waals surface area contributed by atoms with Crippen molar-refractivity contribution in [2.45, 2.75) is 95.3 Å². The van der Waals surface area contributed by atoms with Gasteiger partial charge in [0.25, 0.3) is 0 Å². The number of aliphatic hydroxyl groups is 1. The van der Waals surface area contributed by atoms with E-state index in [4.69, 9.17) is 0 Å². The van der Waals surface area contributed by atoms with Gasteiger partial charge < -0.3 is 5.11 Å². The van der Waals surface area contributed by atoms with Crippen LogP contribution in [0.25, 0.3) is 0 Å². The Hall–Kier alpha value is 0.110. The monoisotopic (exact) mass is 288 g/mol. The molecule has 3 heteroatoms. The van der Waals surface area contributed by atoms with E-state index in [1.807, 2.05) is 0 Å². The summed E-state index contributed by atoms with van der Waals surface area (Å²) in [5, 5.41) is 9.94. The van der Waals surface area contributed by atoms with Crippen LogP contribution < -0.4 is 0 Å². The van der Waals surface area contributed by atoms with Crippen molar-refractivity contribution in [3.05, 3.63) is 0 Å². The van der Waals surface area contributed by atoms with Crippen LogP contribution in [0.4, 0.5) is 0 Å². The van der Waals surface area contributed by atoms with E-state index < -0.39 is 10.8 Å². The molecule has 0 heterocycles. The highest BCUT2D eigenvalue weighted by Crippen LogP contribution is 2.23. The number of aliphatic hydroxyl groups excluding tert-OH is 1. The van der Waals surface area contributed by atoms with Crippen molar-refractivity contribution in [1.29, 1.82) is 0 Å². The second-order valence-electron chi connectivity index (χ2n) is 5.95. The second-order valence-corrected chi connectivity index (χ2v) is 7.73. The largest absolute Gasteiger partial charge is 0.392 e. The highest BCUT2D eigenvalue weighted by Gasteiger charge is 2.27. The Kier molecular flexibility index (Phi) is 9.80. The zero-order valence-corrected chi connectivity index (χ0v) is 13.4. The Morgan fingerprint density at radius 2 is 1.53 bits per heavy atom. The Balaban J connectivity index is 1.98. The van der Waals surface area contributed by atoms with Crippen LogP contribution in [0.5, 0.6) is 0 Å². The number of rotatable bonds is 10. The van der Waals surface area contributed by atoms with Gasteiger partial charge in [0.15, 0.2) is 0 Å². The fraction of sp³-hybridized carbons (Fsp3) is 1.00. The molecule has 0 aromatic heterocycles. The Morgan fingerprint density at radius 3 is 2.16 bits per heavy atom. The minimum atomic E-state index is -0.797. The first kappa shape index (κ1) is 17.2. The molecule has 0 amide bonds. The Morgan fingerprint density at radius 1 is 0.947 bits per heavy atom. The molecule has 114 valence electrons. The van der Waals surface area contributed by atoms with Crippen LogP contribution in [-0.4, -0.2) is 26.4 Å². The first-order valence-electron chi connectivity index (χ1n) is 8.31. The smallest absolute Gasteiger partial charge is 0.0683 e. The average molecular weight is 288 g/mol. The normalized spacial score (nSPS) is 25.4. The molecule has 0 radical (unpaired) electrons. The van der Waals surface area contributed by atoms with E-state index in [1.165, 1.54) is 44.9 Å². The zero-order valence-electron chi connectivity index (χ0n) is 12.6. The van der Waals surface area contributed by atoms with Crippen LogP contribution in [0.2, 0.25) is 0 Å². The quantitative estimate of drug-likeness (QED) is 0.612. The van der Waals surface area contributed by atoms with Gasteiger partial charge in [0.05, 0.1) is 11.4 Å². The summed E-state index contributed by atoms with van der Waals surface area (Å²) in [6.07, 6.45) is 14.1. The van der Waals surface area contributed by atoms with Crippen molar-refractivity contribution >= 4 is 10.8 Å². The molecule has 2 nitrogen and oxygen atoms in total. The maximum absolute atomic E-state index is 12.1. The van der Waals surface area contributed by atoms with Crippen molar-refractivity contribution in [2.75, 3.05) is 5.75 Å². The number of hydrogen-bond acceptors (Lipinski definition) is 2. The molecule has 0 aromatic carbocycles. The van der Waals surface area contributed by atoms with Crippen LogP contribution in [0.15, 0.2) is 0 Å². The highest BCUT2D eigenvalue weighted by molar-refractivity contribution is 7.85. The van der Waals surface area contributed by atoms with Crippen LogP contribution in [0, 0.1) is 0 Å². The second kappa shape index (κ2) is 10.8. The van der Waals surface area contributed by atoms with E-state index in [0.717, 1.165) is 37.9 Å². The van der Waals surface area contributed by atoms with E-state index >= 15 is 0 Å². The molecular formula is C16H32O2S. The van der Waals surface area contributed by atoms with E-state index in [0.29, 0.717) is 0 Å². The van der Waals surface area contributed by atoms with Gasteiger partial charge in [-0.15, -0.1) is 0 Å². The van der Waals surface area contributed by atoms with Gasteiger partial charge >= 0.3 is 0 Å². The summed E-state index contributed by atoms with van der Waals surface area (Å²) in [5.74, 6) is 0.802. The molecule has 1 fully saturated rings. The minimum absolute atomic E-state index is 0.0679. The lowest BCUT2D eigenvalue weighted by Crippen LogP contribution is -2.34. The van der Waals surface area contributed by atoms with Gasteiger partial charge in [0.1, 0.15) is 0 Å². The van der Waals surface area contributed by atoms with Crippen molar-refractivity contribution < 1.29 is 9.32 Å². The lowest BCUT2D eigenvalue weighted by atomic mass is 9.97. The average Bonchev–Trinajstić information content (AvgIpc) is 2.42. The van der Waals surface area contributed by atoms with Gasteiger partial charge in [0.2, 0.25) is 0 Å². The predicted octanol–water partition coefficient (Wildman–Crippen LogP) is 4.18. The van der Waals surface area contributed by atoms with Crippen LogP contribution in [0.1, 0.15) is 84.0 Å². The molecule has 1 aliphatic rings. The molecule has 0 saturated heterocycles. The number of unbranched alkanes of at least 4 members (excludes halogenated alkanes) is 7. The van der Waals surface area contributed by atoms with E-state index in [1.54, 1.807) is 0 Å². The fourth-order valence-electron chi connectivity index (χ4n) is 2.91. The first-order chi connectivity index (χ1) is 9.25. The molecule has 19 heavy (non-hydrogen) atoms. The summed E-state index contributed by atoms with van der Waals surface area (Å²) >= 11 is 0. The van der Waals surface area contributed by atoms with Crippen molar-refractivity contribution in [2.24, 2.45) is 0 Å². The Bertz CT molecular complexity index is 243.